The molecule has 0 heterocycles. The van der Waals surface area contributed by atoms with Gasteiger partial charge < -0.3 is 16.8 Å². The van der Waals surface area contributed by atoms with Gasteiger partial charge in [0.15, 0.2) is 0 Å². The van der Waals surface area contributed by atoms with Gasteiger partial charge in [0.1, 0.15) is 0 Å². The van der Waals surface area contributed by atoms with Crippen LogP contribution in [0.25, 0.3) is 0 Å². The molecule has 0 bridgehead atoms. The minimum atomic E-state index is -0.541. The summed E-state index contributed by atoms with van der Waals surface area (Å²) in [4.78, 5) is 22.5. The Labute approximate surface area is 102 Å². The summed E-state index contributed by atoms with van der Waals surface area (Å²) in [6.07, 6.45) is 3.59. The van der Waals surface area contributed by atoms with Gasteiger partial charge in [-0.2, -0.15) is 0 Å². The highest BCUT2D eigenvalue weighted by atomic mass is 35.5. The van der Waals surface area contributed by atoms with E-state index in [2.05, 4.69) is 5.32 Å². The minimum absolute atomic E-state index is 0. The van der Waals surface area contributed by atoms with E-state index in [-0.39, 0.29) is 36.2 Å². The lowest BCUT2D eigenvalue weighted by Crippen LogP contribution is -2.50. The third-order valence-corrected chi connectivity index (χ3v) is 2.87. The van der Waals surface area contributed by atoms with Gasteiger partial charge in [-0.3, -0.25) is 9.59 Å². The van der Waals surface area contributed by atoms with Crippen molar-refractivity contribution in [1.29, 1.82) is 0 Å². The molecule has 0 aromatic heterocycles. The van der Waals surface area contributed by atoms with Crippen molar-refractivity contribution in [3.05, 3.63) is 0 Å². The minimum Gasteiger partial charge on any atom is -0.369 e. The standard InChI is InChI=1S/C10H19N3O2.ClH/c1-6(11)10(15)13-8-5-3-2-4-7(8)9(12)14;/h6-8H,2-5,11H2,1H3,(H2,12,14)(H,13,15);1H/t6-,7?,8?;/m0./s1. The number of halogens is 1. The number of amides is 2. The zero-order valence-corrected chi connectivity index (χ0v) is 10.3. The van der Waals surface area contributed by atoms with Crippen molar-refractivity contribution in [1.82, 2.24) is 5.32 Å². The van der Waals surface area contributed by atoms with E-state index >= 15 is 0 Å². The van der Waals surface area contributed by atoms with Crippen molar-refractivity contribution >= 4 is 24.2 Å². The molecule has 94 valence electrons. The molecule has 1 rings (SSSR count). The summed E-state index contributed by atoms with van der Waals surface area (Å²) in [5.41, 5.74) is 10.7. The summed E-state index contributed by atoms with van der Waals surface area (Å²) in [5, 5.41) is 2.78. The fraction of sp³-hybridized carbons (Fsp3) is 0.800. The molecule has 2 amide bonds. The van der Waals surface area contributed by atoms with E-state index in [9.17, 15) is 9.59 Å². The average Bonchev–Trinajstić information content (AvgIpc) is 2.18. The van der Waals surface area contributed by atoms with Crippen LogP contribution in [0.15, 0.2) is 0 Å². The number of nitrogens with one attached hydrogen (secondary N) is 1. The number of carbonyl (C=O) groups excluding carboxylic acids is 2. The molecule has 0 aromatic carbocycles. The van der Waals surface area contributed by atoms with Crippen LogP contribution in [-0.4, -0.2) is 23.9 Å². The van der Waals surface area contributed by atoms with Gasteiger partial charge in [0, 0.05) is 6.04 Å². The highest BCUT2D eigenvalue weighted by molar-refractivity contribution is 5.85. The van der Waals surface area contributed by atoms with Gasteiger partial charge in [0.2, 0.25) is 11.8 Å². The molecular formula is C10H20ClN3O2. The SMILES string of the molecule is C[C@H](N)C(=O)NC1CCCCC1C(N)=O.Cl. The Morgan fingerprint density at radius 2 is 1.88 bits per heavy atom. The molecule has 1 saturated carbocycles. The first kappa shape index (κ1) is 15.2. The van der Waals surface area contributed by atoms with Gasteiger partial charge >= 0.3 is 0 Å². The van der Waals surface area contributed by atoms with Crippen molar-refractivity contribution in [2.75, 3.05) is 0 Å². The topological polar surface area (TPSA) is 98.2 Å². The van der Waals surface area contributed by atoms with E-state index in [0.29, 0.717) is 0 Å². The smallest absolute Gasteiger partial charge is 0.236 e. The Bertz CT molecular complexity index is 258. The number of hydrogen-bond donors (Lipinski definition) is 3. The summed E-state index contributed by atoms with van der Waals surface area (Å²) in [6.45, 7) is 1.62. The first-order valence-electron chi connectivity index (χ1n) is 5.37. The number of carbonyl (C=O) groups is 2. The monoisotopic (exact) mass is 249 g/mol. The number of rotatable bonds is 3. The number of hydrogen-bond acceptors (Lipinski definition) is 3. The third kappa shape index (κ3) is 3.98. The molecule has 0 radical (unpaired) electrons. The zero-order valence-electron chi connectivity index (χ0n) is 9.44. The van der Waals surface area contributed by atoms with Crippen LogP contribution in [0.4, 0.5) is 0 Å². The molecule has 5 N–H and O–H groups in total. The van der Waals surface area contributed by atoms with Gasteiger partial charge in [-0.1, -0.05) is 12.8 Å². The van der Waals surface area contributed by atoms with Crippen LogP contribution < -0.4 is 16.8 Å². The van der Waals surface area contributed by atoms with Crippen LogP contribution in [0.3, 0.4) is 0 Å². The average molecular weight is 250 g/mol. The van der Waals surface area contributed by atoms with Gasteiger partial charge in [-0.25, -0.2) is 0 Å². The first-order valence-corrected chi connectivity index (χ1v) is 5.37. The Morgan fingerprint density at radius 3 is 2.38 bits per heavy atom. The molecule has 2 unspecified atom stereocenters. The Morgan fingerprint density at radius 1 is 1.31 bits per heavy atom. The van der Waals surface area contributed by atoms with Crippen molar-refractivity contribution in [3.8, 4) is 0 Å². The zero-order chi connectivity index (χ0) is 11.4. The molecule has 5 nitrogen and oxygen atoms in total. The summed E-state index contributed by atoms with van der Waals surface area (Å²) < 4.78 is 0. The second-order valence-corrected chi connectivity index (χ2v) is 4.20. The molecule has 1 aliphatic rings. The predicted octanol–water partition coefficient (Wildman–Crippen LogP) is -0.0843. The molecule has 1 aliphatic carbocycles. The quantitative estimate of drug-likeness (QED) is 0.652. The second kappa shape index (κ2) is 6.70. The molecule has 1 fully saturated rings. The van der Waals surface area contributed by atoms with Crippen molar-refractivity contribution < 1.29 is 9.59 Å². The van der Waals surface area contributed by atoms with Crippen LogP contribution in [0.1, 0.15) is 32.6 Å². The highest BCUT2D eigenvalue weighted by Gasteiger charge is 2.30. The van der Waals surface area contributed by atoms with Crippen molar-refractivity contribution in [3.63, 3.8) is 0 Å². The lowest BCUT2D eigenvalue weighted by molar-refractivity contribution is -0.126. The maximum Gasteiger partial charge on any atom is 0.236 e. The lowest BCUT2D eigenvalue weighted by atomic mass is 9.84. The number of nitrogens with two attached hydrogens (primary N) is 2. The molecule has 0 saturated heterocycles. The van der Waals surface area contributed by atoms with E-state index in [4.69, 9.17) is 11.5 Å². The van der Waals surface area contributed by atoms with Crippen LogP contribution >= 0.6 is 12.4 Å². The first-order chi connectivity index (χ1) is 7.02. The van der Waals surface area contributed by atoms with Gasteiger partial charge in [-0.05, 0) is 19.8 Å². The van der Waals surface area contributed by atoms with E-state index < -0.39 is 6.04 Å². The van der Waals surface area contributed by atoms with E-state index in [1.807, 2.05) is 0 Å². The molecule has 0 spiro atoms. The van der Waals surface area contributed by atoms with Crippen LogP contribution in [0.5, 0.6) is 0 Å². The summed E-state index contributed by atoms with van der Waals surface area (Å²) in [7, 11) is 0. The third-order valence-electron chi connectivity index (χ3n) is 2.87. The lowest BCUT2D eigenvalue weighted by Gasteiger charge is -2.30. The number of primary amides is 1. The van der Waals surface area contributed by atoms with Gasteiger partial charge in [0.25, 0.3) is 0 Å². The van der Waals surface area contributed by atoms with Crippen molar-refractivity contribution in [2.45, 2.75) is 44.7 Å². The normalized spacial score (nSPS) is 26.4. The van der Waals surface area contributed by atoms with Crippen molar-refractivity contribution in [2.24, 2.45) is 17.4 Å². The molecule has 3 atom stereocenters. The Balaban J connectivity index is 0.00000225. The molecule has 16 heavy (non-hydrogen) atoms. The molecule has 6 heteroatoms. The highest BCUT2D eigenvalue weighted by Crippen LogP contribution is 2.24. The van der Waals surface area contributed by atoms with Gasteiger partial charge in [0.05, 0.1) is 12.0 Å². The molecule has 0 aromatic rings. The summed E-state index contributed by atoms with van der Waals surface area (Å²) >= 11 is 0. The fourth-order valence-electron chi connectivity index (χ4n) is 1.96. The van der Waals surface area contributed by atoms with E-state index in [1.165, 1.54) is 0 Å². The van der Waals surface area contributed by atoms with E-state index in [1.54, 1.807) is 6.92 Å². The Kier molecular flexibility index (Phi) is 6.36. The predicted molar refractivity (Wildman–Crippen MR) is 64.0 cm³/mol. The Hall–Kier alpha value is -0.810. The largest absolute Gasteiger partial charge is 0.369 e. The maximum atomic E-state index is 11.4. The van der Waals surface area contributed by atoms with Crippen LogP contribution in [0.2, 0.25) is 0 Å². The molecular weight excluding hydrogens is 230 g/mol. The summed E-state index contributed by atoms with van der Waals surface area (Å²) in [6, 6.07) is -0.671. The van der Waals surface area contributed by atoms with Gasteiger partial charge in [-0.15, -0.1) is 12.4 Å². The fourth-order valence-corrected chi connectivity index (χ4v) is 1.96. The van der Waals surface area contributed by atoms with E-state index in [0.717, 1.165) is 25.7 Å². The summed E-state index contributed by atoms with van der Waals surface area (Å²) in [5.74, 6) is -0.778. The maximum absolute atomic E-state index is 11.4. The molecule has 0 aliphatic heterocycles. The van der Waals surface area contributed by atoms with Crippen LogP contribution in [-0.2, 0) is 9.59 Å². The second-order valence-electron chi connectivity index (χ2n) is 4.20. The van der Waals surface area contributed by atoms with Crippen LogP contribution in [0, 0.1) is 5.92 Å².